The zero-order chi connectivity index (χ0) is 9.31. The molecule has 1 heterocycles. The summed E-state index contributed by atoms with van der Waals surface area (Å²) in [6.07, 6.45) is 4.71. The third-order valence-corrected chi connectivity index (χ3v) is 3.18. The standard InChI is InChI=1S/C8H11N3OS/c1-8(3-2-4-8)7(12)10-6-5-9-11-13-6/h5H,2-4H2,1H3,(H,10,12). The summed E-state index contributed by atoms with van der Waals surface area (Å²) in [4.78, 5) is 11.7. The first-order valence-electron chi connectivity index (χ1n) is 4.29. The SMILES string of the molecule is CC1(C(=O)Nc2cnns2)CCC1. The Labute approximate surface area is 80.5 Å². The van der Waals surface area contributed by atoms with Crippen LogP contribution in [0.5, 0.6) is 0 Å². The molecule has 1 saturated carbocycles. The van der Waals surface area contributed by atoms with Gasteiger partial charge in [-0.1, -0.05) is 17.8 Å². The third-order valence-electron chi connectivity index (χ3n) is 2.60. The summed E-state index contributed by atoms with van der Waals surface area (Å²) < 4.78 is 3.68. The van der Waals surface area contributed by atoms with Crippen molar-refractivity contribution in [3.05, 3.63) is 6.20 Å². The minimum Gasteiger partial charge on any atom is -0.315 e. The maximum Gasteiger partial charge on any atom is 0.230 e. The van der Waals surface area contributed by atoms with Crippen molar-refractivity contribution in [2.45, 2.75) is 26.2 Å². The van der Waals surface area contributed by atoms with Gasteiger partial charge >= 0.3 is 0 Å². The van der Waals surface area contributed by atoms with Crippen molar-refractivity contribution in [1.29, 1.82) is 0 Å². The molecule has 13 heavy (non-hydrogen) atoms. The van der Waals surface area contributed by atoms with Crippen LogP contribution in [0.1, 0.15) is 26.2 Å². The molecule has 2 rings (SSSR count). The Hall–Kier alpha value is -0.970. The second-order valence-electron chi connectivity index (χ2n) is 3.65. The van der Waals surface area contributed by atoms with Gasteiger partial charge in [0.1, 0.15) is 5.00 Å². The van der Waals surface area contributed by atoms with Crippen molar-refractivity contribution in [2.24, 2.45) is 5.41 Å². The topological polar surface area (TPSA) is 54.9 Å². The van der Waals surface area contributed by atoms with E-state index in [4.69, 9.17) is 0 Å². The lowest BCUT2D eigenvalue weighted by Crippen LogP contribution is -2.38. The van der Waals surface area contributed by atoms with E-state index in [-0.39, 0.29) is 11.3 Å². The molecule has 0 atom stereocenters. The molecule has 4 nitrogen and oxygen atoms in total. The molecule has 5 heteroatoms. The molecule has 0 radical (unpaired) electrons. The van der Waals surface area contributed by atoms with Crippen LogP contribution in [0.25, 0.3) is 0 Å². The molecule has 1 fully saturated rings. The number of rotatable bonds is 2. The summed E-state index contributed by atoms with van der Waals surface area (Å²) in [6.45, 7) is 2.00. The van der Waals surface area contributed by atoms with Gasteiger partial charge in [-0.3, -0.25) is 4.79 Å². The number of anilines is 1. The number of nitrogens with zero attached hydrogens (tertiary/aromatic N) is 2. The van der Waals surface area contributed by atoms with Crippen LogP contribution in [0, 0.1) is 5.41 Å². The van der Waals surface area contributed by atoms with Gasteiger partial charge in [-0.15, -0.1) is 5.10 Å². The van der Waals surface area contributed by atoms with E-state index in [1.165, 1.54) is 11.5 Å². The molecule has 1 aliphatic rings. The van der Waals surface area contributed by atoms with Crippen molar-refractivity contribution in [1.82, 2.24) is 9.59 Å². The number of hydrogen-bond acceptors (Lipinski definition) is 4. The van der Waals surface area contributed by atoms with Gasteiger partial charge < -0.3 is 5.32 Å². The molecule has 0 bridgehead atoms. The molecule has 0 aliphatic heterocycles. The maximum absolute atomic E-state index is 11.7. The zero-order valence-electron chi connectivity index (χ0n) is 7.41. The van der Waals surface area contributed by atoms with Crippen molar-refractivity contribution < 1.29 is 4.79 Å². The van der Waals surface area contributed by atoms with Gasteiger partial charge in [-0.25, -0.2) is 0 Å². The Morgan fingerprint density at radius 2 is 2.46 bits per heavy atom. The minimum absolute atomic E-state index is 0.102. The van der Waals surface area contributed by atoms with Gasteiger partial charge in [-0.05, 0) is 12.8 Å². The lowest BCUT2D eigenvalue weighted by molar-refractivity contribution is -0.128. The highest BCUT2D eigenvalue weighted by Crippen LogP contribution is 2.41. The molecule has 0 spiro atoms. The van der Waals surface area contributed by atoms with E-state index in [1.807, 2.05) is 6.92 Å². The summed E-state index contributed by atoms with van der Waals surface area (Å²) in [5.41, 5.74) is -0.149. The van der Waals surface area contributed by atoms with Crippen LogP contribution < -0.4 is 5.32 Å². The first-order valence-corrected chi connectivity index (χ1v) is 5.07. The van der Waals surface area contributed by atoms with Crippen LogP contribution >= 0.6 is 11.5 Å². The van der Waals surface area contributed by atoms with Crippen LogP contribution in [-0.4, -0.2) is 15.5 Å². The monoisotopic (exact) mass is 197 g/mol. The van der Waals surface area contributed by atoms with Gasteiger partial charge in [0.2, 0.25) is 5.91 Å². The first kappa shape index (κ1) is 8.62. The highest BCUT2D eigenvalue weighted by Gasteiger charge is 2.39. The van der Waals surface area contributed by atoms with Crippen LogP contribution in [-0.2, 0) is 4.79 Å². The number of hydrogen-bond donors (Lipinski definition) is 1. The molecule has 1 aliphatic carbocycles. The van der Waals surface area contributed by atoms with E-state index < -0.39 is 0 Å². The van der Waals surface area contributed by atoms with Gasteiger partial charge in [0.25, 0.3) is 0 Å². The average molecular weight is 197 g/mol. The molecule has 1 aromatic heterocycles. The fourth-order valence-corrected chi connectivity index (χ4v) is 1.83. The number of carbonyl (C=O) groups is 1. The Kier molecular flexibility index (Phi) is 2.03. The summed E-state index contributed by atoms with van der Waals surface area (Å²) in [5, 5.41) is 7.21. The van der Waals surface area contributed by atoms with Crippen LogP contribution in [0.3, 0.4) is 0 Å². The predicted octanol–water partition coefficient (Wildman–Crippen LogP) is 1.67. The van der Waals surface area contributed by atoms with Gasteiger partial charge in [0, 0.05) is 16.9 Å². The van der Waals surface area contributed by atoms with Gasteiger partial charge in [0.05, 0.1) is 6.20 Å². The second-order valence-corrected chi connectivity index (χ2v) is 4.44. The summed E-state index contributed by atoms with van der Waals surface area (Å²) >= 11 is 1.21. The quantitative estimate of drug-likeness (QED) is 0.784. The Balaban J connectivity index is 1.99. The van der Waals surface area contributed by atoms with E-state index in [1.54, 1.807) is 6.20 Å². The van der Waals surface area contributed by atoms with Gasteiger partial charge in [0.15, 0.2) is 0 Å². The molecular formula is C8H11N3OS. The van der Waals surface area contributed by atoms with Crippen LogP contribution in [0.2, 0.25) is 0 Å². The smallest absolute Gasteiger partial charge is 0.230 e. The van der Waals surface area contributed by atoms with Crippen molar-refractivity contribution >= 4 is 22.4 Å². The molecule has 0 unspecified atom stereocenters. The first-order chi connectivity index (χ1) is 6.21. The number of carbonyl (C=O) groups excluding carboxylic acids is 1. The van der Waals surface area contributed by atoms with E-state index in [0.717, 1.165) is 24.3 Å². The predicted molar refractivity (Wildman–Crippen MR) is 50.5 cm³/mol. The molecule has 0 aromatic carbocycles. The van der Waals surface area contributed by atoms with Crippen molar-refractivity contribution in [2.75, 3.05) is 5.32 Å². The zero-order valence-corrected chi connectivity index (χ0v) is 8.23. The fourth-order valence-electron chi connectivity index (χ4n) is 1.42. The van der Waals surface area contributed by atoms with Crippen molar-refractivity contribution in [3.8, 4) is 0 Å². The molecule has 1 amide bonds. The summed E-state index contributed by atoms with van der Waals surface area (Å²) in [5.74, 6) is 0.102. The maximum atomic E-state index is 11.7. The lowest BCUT2D eigenvalue weighted by atomic mass is 9.70. The van der Waals surface area contributed by atoms with Crippen LogP contribution in [0.4, 0.5) is 5.00 Å². The molecule has 1 N–H and O–H groups in total. The molecular weight excluding hydrogens is 186 g/mol. The Morgan fingerprint density at radius 3 is 2.92 bits per heavy atom. The van der Waals surface area contributed by atoms with E-state index in [2.05, 4.69) is 14.9 Å². The molecule has 0 saturated heterocycles. The minimum atomic E-state index is -0.149. The normalized spacial score (nSPS) is 19.2. The third kappa shape index (κ3) is 1.56. The number of amides is 1. The number of nitrogens with one attached hydrogen (secondary N) is 1. The second kappa shape index (κ2) is 3.06. The van der Waals surface area contributed by atoms with Crippen molar-refractivity contribution in [3.63, 3.8) is 0 Å². The summed E-state index contributed by atoms with van der Waals surface area (Å²) in [6, 6.07) is 0. The van der Waals surface area contributed by atoms with E-state index in [9.17, 15) is 4.79 Å². The number of aromatic nitrogens is 2. The van der Waals surface area contributed by atoms with Gasteiger partial charge in [-0.2, -0.15) is 0 Å². The largest absolute Gasteiger partial charge is 0.315 e. The molecule has 1 aromatic rings. The molecule has 70 valence electrons. The lowest BCUT2D eigenvalue weighted by Gasteiger charge is -2.36. The highest BCUT2D eigenvalue weighted by atomic mass is 32.1. The average Bonchev–Trinajstić information content (AvgIpc) is 2.52. The fraction of sp³-hybridized carbons (Fsp3) is 0.625. The highest BCUT2D eigenvalue weighted by molar-refractivity contribution is 7.10. The van der Waals surface area contributed by atoms with E-state index in [0.29, 0.717) is 0 Å². The Morgan fingerprint density at radius 1 is 1.69 bits per heavy atom. The Bertz CT molecular complexity index is 305. The van der Waals surface area contributed by atoms with Crippen LogP contribution in [0.15, 0.2) is 6.20 Å². The van der Waals surface area contributed by atoms with E-state index >= 15 is 0 Å². The summed E-state index contributed by atoms with van der Waals surface area (Å²) in [7, 11) is 0.